The van der Waals surface area contributed by atoms with Crippen molar-refractivity contribution in [2.45, 2.75) is 46.0 Å². The van der Waals surface area contributed by atoms with E-state index in [9.17, 15) is 14.4 Å². The fourth-order valence-corrected chi connectivity index (χ4v) is 2.95. The molecule has 0 atom stereocenters. The second kappa shape index (κ2) is 12.4. The highest BCUT2D eigenvalue weighted by atomic mass is 16.5. The first kappa shape index (κ1) is 23.9. The fraction of sp³-hybridized carbons (Fsp3) is 0.375. The Balaban J connectivity index is 1.88. The van der Waals surface area contributed by atoms with Crippen LogP contribution in [0.1, 0.15) is 56.3 Å². The number of benzene rings is 2. The number of nitrogens with one attached hydrogen (secondary N) is 2. The highest BCUT2D eigenvalue weighted by molar-refractivity contribution is 6.00. The molecule has 2 rings (SSSR count). The van der Waals surface area contributed by atoms with Crippen molar-refractivity contribution in [3.63, 3.8) is 0 Å². The lowest BCUT2D eigenvalue weighted by Crippen LogP contribution is -2.15. The van der Waals surface area contributed by atoms with E-state index in [0.717, 1.165) is 25.0 Å². The summed E-state index contributed by atoms with van der Waals surface area (Å²) in [6.45, 7) is 4.20. The molecule has 7 heteroatoms. The van der Waals surface area contributed by atoms with Gasteiger partial charge in [-0.15, -0.1) is 0 Å². The number of amides is 2. The Hall–Kier alpha value is -3.35. The molecule has 2 amide bonds. The van der Waals surface area contributed by atoms with Gasteiger partial charge in [0.15, 0.2) is 5.78 Å². The van der Waals surface area contributed by atoms with Crippen molar-refractivity contribution in [3.8, 4) is 11.5 Å². The number of Topliss-reactive ketones (excluding diaryl/α,β-unsaturated/α-hetero) is 1. The number of rotatable bonds is 12. The Morgan fingerprint density at radius 3 is 2.32 bits per heavy atom. The van der Waals surface area contributed by atoms with Gasteiger partial charge in [0.2, 0.25) is 11.8 Å². The zero-order valence-electron chi connectivity index (χ0n) is 18.3. The molecule has 0 heterocycles. The van der Waals surface area contributed by atoms with Crippen LogP contribution in [0, 0.1) is 0 Å². The second-order valence-corrected chi connectivity index (χ2v) is 7.15. The number of carbonyl (C=O) groups is 3. The summed E-state index contributed by atoms with van der Waals surface area (Å²) in [5.74, 6) is 0.541. The molecule has 2 N–H and O–H groups in total. The monoisotopic (exact) mass is 426 g/mol. The number of ether oxygens (including phenoxy) is 2. The Morgan fingerprint density at radius 1 is 0.935 bits per heavy atom. The maximum absolute atomic E-state index is 12.4. The van der Waals surface area contributed by atoms with Gasteiger partial charge in [-0.3, -0.25) is 14.4 Å². The van der Waals surface area contributed by atoms with Gasteiger partial charge in [-0.25, -0.2) is 0 Å². The van der Waals surface area contributed by atoms with E-state index in [1.54, 1.807) is 42.5 Å². The average Bonchev–Trinajstić information content (AvgIpc) is 2.75. The SMILES string of the molecule is CCCCCOc1ccc(C(=O)CCC(=O)Nc2cc(NC(C)=O)ccc2OC)cc1. The van der Waals surface area contributed by atoms with Crippen LogP contribution >= 0.6 is 0 Å². The minimum atomic E-state index is -0.317. The molecular formula is C24H30N2O5. The van der Waals surface area contributed by atoms with Gasteiger partial charge in [-0.2, -0.15) is 0 Å². The van der Waals surface area contributed by atoms with E-state index in [1.165, 1.54) is 14.0 Å². The molecule has 2 aromatic carbocycles. The summed E-state index contributed by atoms with van der Waals surface area (Å²) >= 11 is 0. The van der Waals surface area contributed by atoms with E-state index >= 15 is 0 Å². The van der Waals surface area contributed by atoms with E-state index in [2.05, 4.69) is 17.6 Å². The van der Waals surface area contributed by atoms with Crippen molar-refractivity contribution in [3.05, 3.63) is 48.0 Å². The Bertz CT molecular complexity index is 893. The van der Waals surface area contributed by atoms with Gasteiger partial charge in [0.05, 0.1) is 19.4 Å². The number of unbranched alkanes of at least 4 members (excludes halogenated alkanes) is 2. The van der Waals surface area contributed by atoms with Crippen LogP contribution in [-0.2, 0) is 9.59 Å². The van der Waals surface area contributed by atoms with Gasteiger partial charge in [0.25, 0.3) is 0 Å². The predicted octanol–water partition coefficient (Wildman–Crippen LogP) is 4.82. The Kier molecular flexibility index (Phi) is 9.55. The molecular weight excluding hydrogens is 396 g/mol. The summed E-state index contributed by atoms with van der Waals surface area (Å²) in [4.78, 5) is 36.0. The molecule has 0 aromatic heterocycles. The molecule has 166 valence electrons. The minimum Gasteiger partial charge on any atom is -0.495 e. The number of hydrogen-bond donors (Lipinski definition) is 2. The van der Waals surface area contributed by atoms with Crippen LogP contribution in [0.4, 0.5) is 11.4 Å². The maximum atomic E-state index is 12.4. The highest BCUT2D eigenvalue weighted by Crippen LogP contribution is 2.28. The Labute approximate surface area is 183 Å². The number of carbonyl (C=O) groups excluding carboxylic acids is 3. The van der Waals surface area contributed by atoms with Crippen molar-refractivity contribution in [2.24, 2.45) is 0 Å². The van der Waals surface area contributed by atoms with Crippen LogP contribution in [-0.4, -0.2) is 31.3 Å². The van der Waals surface area contributed by atoms with Crippen LogP contribution in [0.5, 0.6) is 11.5 Å². The molecule has 0 spiro atoms. The van der Waals surface area contributed by atoms with Gasteiger partial charge in [-0.05, 0) is 48.9 Å². The van der Waals surface area contributed by atoms with E-state index < -0.39 is 0 Å². The van der Waals surface area contributed by atoms with E-state index in [0.29, 0.717) is 29.3 Å². The molecule has 0 unspecified atom stereocenters. The van der Waals surface area contributed by atoms with Crippen molar-refractivity contribution in [1.29, 1.82) is 0 Å². The molecule has 0 radical (unpaired) electrons. The lowest BCUT2D eigenvalue weighted by Gasteiger charge is -2.12. The third-order valence-corrected chi connectivity index (χ3v) is 4.57. The second-order valence-electron chi connectivity index (χ2n) is 7.15. The number of hydrogen-bond acceptors (Lipinski definition) is 5. The average molecular weight is 427 g/mol. The molecule has 0 aliphatic carbocycles. The van der Waals surface area contributed by atoms with Gasteiger partial charge < -0.3 is 20.1 Å². The van der Waals surface area contributed by atoms with E-state index in [4.69, 9.17) is 9.47 Å². The van der Waals surface area contributed by atoms with Crippen LogP contribution in [0.2, 0.25) is 0 Å². The third kappa shape index (κ3) is 8.12. The number of ketones is 1. The highest BCUT2D eigenvalue weighted by Gasteiger charge is 2.13. The lowest BCUT2D eigenvalue weighted by molar-refractivity contribution is -0.116. The summed E-state index contributed by atoms with van der Waals surface area (Å²) in [5, 5.41) is 5.39. The summed E-state index contributed by atoms with van der Waals surface area (Å²) in [6, 6.07) is 11.9. The molecule has 0 fully saturated rings. The lowest BCUT2D eigenvalue weighted by atomic mass is 10.1. The molecule has 0 bridgehead atoms. The topological polar surface area (TPSA) is 93.7 Å². The van der Waals surface area contributed by atoms with Crippen LogP contribution < -0.4 is 20.1 Å². The van der Waals surface area contributed by atoms with Gasteiger partial charge in [0, 0.05) is 31.0 Å². The maximum Gasteiger partial charge on any atom is 0.224 e. The summed E-state index contributed by atoms with van der Waals surface area (Å²) in [7, 11) is 1.49. The molecule has 31 heavy (non-hydrogen) atoms. The standard InChI is InChI=1S/C24H30N2O5/c1-4-5-6-15-31-20-10-7-18(8-11-20)22(28)12-14-24(29)26-21-16-19(25-17(2)27)9-13-23(21)30-3/h7-11,13,16H,4-6,12,14-15H2,1-3H3,(H,25,27)(H,26,29). The molecule has 7 nitrogen and oxygen atoms in total. The van der Waals surface area contributed by atoms with Crippen molar-refractivity contribution < 1.29 is 23.9 Å². The first-order valence-electron chi connectivity index (χ1n) is 10.4. The van der Waals surface area contributed by atoms with E-state index in [1.807, 2.05) is 0 Å². The van der Waals surface area contributed by atoms with Gasteiger partial charge in [-0.1, -0.05) is 19.8 Å². The minimum absolute atomic E-state index is 0.0294. The number of anilines is 2. The van der Waals surface area contributed by atoms with Crippen molar-refractivity contribution in [1.82, 2.24) is 0 Å². The van der Waals surface area contributed by atoms with Crippen molar-refractivity contribution in [2.75, 3.05) is 24.4 Å². The first-order chi connectivity index (χ1) is 14.9. The van der Waals surface area contributed by atoms with Crippen molar-refractivity contribution >= 4 is 29.0 Å². The molecule has 0 saturated heterocycles. The predicted molar refractivity (Wildman–Crippen MR) is 121 cm³/mol. The largest absolute Gasteiger partial charge is 0.495 e. The van der Waals surface area contributed by atoms with Gasteiger partial charge >= 0.3 is 0 Å². The third-order valence-electron chi connectivity index (χ3n) is 4.57. The number of methoxy groups -OCH3 is 1. The smallest absolute Gasteiger partial charge is 0.224 e. The zero-order valence-corrected chi connectivity index (χ0v) is 18.3. The molecule has 0 aliphatic heterocycles. The van der Waals surface area contributed by atoms with Gasteiger partial charge in [0.1, 0.15) is 11.5 Å². The quantitative estimate of drug-likeness (QED) is 0.375. The summed E-state index contributed by atoms with van der Waals surface area (Å²) < 4.78 is 10.9. The summed E-state index contributed by atoms with van der Waals surface area (Å²) in [6.07, 6.45) is 3.38. The summed E-state index contributed by atoms with van der Waals surface area (Å²) in [5.41, 5.74) is 1.51. The molecule has 0 saturated carbocycles. The fourth-order valence-electron chi connectivity index (χ4n) is 2.95. The molecule has 0 aliphatic rings. The zero-order chi connectivity index (χ0) is 22.6. The van der Waals surface area contributed by atoms with E-state index in [-0.39, 0.29) is 30.4 Å². The Morgan fingerprint density at radius 2 is 1.68 bits per heavy atom. The van der Waals surface area contributed by atoms with Crippen LogP contribution in [0.25, 0.3) is 0 Å². The normalized spacial score (nSPS) is 10.3. The van der Waals surface area contributed by atoms with Crippen LogP contribution in [0.3, 0.4) is 0 Å². The first-order valence-corrected chi connectivity index (χ1v) is 10.4. The molecule has 2 aromatic rings. The van der Waals surface area contributed by atoms with Crippen LogP contribution in [0.15, 0.2) is 42.5 Å².